The monoisotopic (exact) mass is 360 g/mol. The van der Waals surface area contributed by atoms with Crippen LogP contribution in [-0.4, -0.2) is 25.2 Å². The van der Waals surface area contributed by atoms with Crippen molar-refractivity contribution in [2.24, 2.45) is 5.73 Å². The number of nitrogens with zero attached hydrogens (tertiary/aromatic N) is 1. The Hall–Kier alpha value is -3.08. The van der Waals surface area contributed by atoms with E-state index in [0.29, 0.717) is 12.3 Å². The first kappa shape index (κ1) is 17.3. The molecule has 0 saturated carbocycles. The molecule has 2 aromatic rings. The minimum Gasteiger partial charge on any atom is -0.404 e. The van der Waals surface area contributed by atoms with E-state index in [1.54, 1.807) is 0 Å². The van der Waals surface area contributed by atoms with Gasteiger partial charge in [-0.1, -0.05) is 30.3 Å². The van der Waals surface area contributed by atoms with Crippen LogP contribution in [0.1, 0.15) is 34.6 Å². The smallest absolute Gasteiger partial charge is 0.220 e. The van der Waals surface area contributed by atoms with Crippen LogP contribution in [0.15, 0.2) is 48.7 Å². The Kier molecular flexibility index (Phi) is 4.67. The van der Waals surface area contributed by atoms with Crippen molar-refractivity contribution in [2.45, 2.75) is 25.3 Å². The van der Waals surface area contributed by atoms with Crippen LogP contribution in [0.4, 0.5) is 5.69 Å². The van der Waals surface area contributed by atoms with Crippen LogP contribution in [-0.2, 0) is 17.8 Å². The zero-order chi connectivity index (χ0) is 18.8. The highest BCUT2D eigenvalue weighted by Crippen LogP contribution is 2.32. The SMILES string of the molecule is N=C/C(=C\N)c1ccc2c(c1)CCN2Cc1ccc(C2CNC(=O)C2)cc1. The fourth-order valence-electron chi connectivity index (χ4n) is 4.00. The van der Waals surface area contributed by atoms with E-state index in [4.69, 9.17) is 11.1 Å². The lowest BCUT2D eigenvalue weighted by molar-refractivity contribution is -0.119. The minimum absolute atomic E-state index is 0.146. The molecule has 1 amide bonds. The second-order valence-corrected chi connectivity index (χ2v) is 7.23. The van der Waals surface area contributed by atoms with Gasteiger partial charge < -0.3 is 21.4 Å². The first-order chi connectivity index (χ1) is 13.2. The summed E-state index contributed by atoms with van der Waals surface area (Å²) in [7, 11) is 0. The molecule has 0 aliphatic carbocycles. The summed E-state index contributed by atoms with van der Waals surface area (Å²) in [5.41, 5.74) is 12.4. The van der Waals surface area contributed by atoms with Gasteiger partial charge in [0.1, 0.15) is 0 Å². The molecule has 1 unspecified atom stereocenters. The molecule has 1 atom stereocenters. The lowest BCUT2D eigenvalue weighted by atomic mass is 9.97. The number of benzene rings is 2. The van der Waals surface area contributed by atoms with Gasteiger partial charge in [0, 0.05) is 55.6 Å². The predicted octanol–water partition coefficient (Wildman–Crippen LogP) is 2.80. The summed E-state index contributed by atoms with van der Waals surface area (Å²) in [6, 6.07) is 15.0. The van der Waals surface area contributed by atoms with E-state index >= 15 is 0 Å². The molecule has 5 heteroatoms. The number of nitrogens with two attached hydrogens (primary N) is 1. The predicted molar refractivity (Wildman–Crippen MR) is 109 cm³/mol. The molecule has 2 heterocycles. The third-order valence-electron chi connectivity index (χ3n) is 5.54. The zero-order valence-corrected chi connectivity index (χ0v) is 15.2. The van der Waals surface area contributed by atoms with Crippen molar-refractivity contribution in [3.05, 3.63) is 70.9 Å². The molecular formula is C22H24N4O. The summed E-state index contributed by atoms with van der Waals surface area (Å²) in [5.74, 6) is 0.448. The standard InChI is InChI=1S/C22H24N4O/c23-11-20(12-24)17-5-6-21-18(9-17)7-8-26(21)14-15-1-3-16(4-2-15)19-10-22(27)25-13-19/h1-6,9,11-12,19,23H,7-8,10,13-14,24H2,(H,25,27)/b20-12+,23-11?. The Balaban J connectivity index is 1.47. The maximum atomic E-state index is 11.4. The van der Waals surface area contributed by atoms with Crippen molar-refractivity contribution in [1.29, 1.82) is 5.41 Å². The van der Waals surface area contributed by atoms with Gasteiger partial charge in [0.15, 0.2) is 0 Å². The maximum absolute atomic E-state index is 11.4. The third-order valence-corrected chi connectivity index (χ3v) is 5.54. The summed E-state index contributed by atoms with van der Waals surface area (Å²) in [5, 5.41) is 10.4. The number of hydrogen-bond donors (Lipinski definition) is 3. The summed E-state index contributed by atoms with van der Waals surface area (Å²) in [6.07, 6.45) is 4.38. The van der Waals surface area contributed by atoms with E-state index in [1.165, 1.54) is 34.8 Å². The molecule has 0 radical (unpaired) electrons. The van der Waals surface area contributed by atoms with Gasteiger partial charge in [0.05, 0.1) is 0 Å². The lowest BCUT2D eigenvalue weighted by Crippen LogP contribution is -2.19. The molecule has 1 saturated heterocycles. The van der Waals surface area contributed by atoms with E-state index in [2.05, 4.69) is 46.6 Å². The van der Waals surface area contributed by atoms with Crippen LogP contribution in [0, 0.1) is 5.41 Å². The van der Waals surface area contributed by atoms with Crippen molar-refractivity contribution in [3.8, 4) is 0 Å². The van der Waals surface area contributed by atoms with Gasteiger partial charge >= 0.3 is 0 Å². The van der Waals surface area contributed by atoms with E-state index in [9.17, 15) is 4.79 Å². The van der Waals surface area contributed by atoms with Crippen LogP contribution in [0.25, 0.3) is 5.57 Å². The van der Waals surface area contributed by atoms with E-state index in [0.717, 1.165) is 37.2 Å². The van der Waals surface area contributed by atoms with Gasteiger partial charge in [-0.15, -0.1) is 0 Å². The van der Waals surface area contributed by atoms with Gasteiger partial charge in [-0.05, 0) is 40.8 Å². The first-order valence-electron chi connectivity index (χ1n) is 9.34. The van der Waals surface area contributed by atoms with Crippen molar-refractivity contribution < 1.29 is 4.79 Å². The first-order valence-corrected chi connectivity index (χ1v) is 9.34. The Morgan fingerprint density at radius 2 is 2.07 bits per heavy atom. The van der Waals surface area contributed by atoms with Crippen LogP contribution >= 0.6 is 0 Å². The Bertz CT molecular complexity index is 901. The van der Waals surface area contributed by atoms with Crippen LogP contribution < -0.4 is 16.0 Å². The summed E-state index contributed by atoms with van der Waals surface area (Å²) in [6.45, 7) is 2.61. The maximum Gasteiger partial charge on any atom is 0.220 e. The molecule has 4 rings (SSSR count). The highest BCUT2D eigenvalue weighted by molar-refractivity contribution is 6.08. The van der Waals surface area contributed by atoms with Gasteiger partial charge in [0.2, 0.25) is 5.91 Å². The zero-order valence-electron chi connectivity index (χ0n) is 15.2. The molecule has 0 spiro atoms. The average Bonchev–Trinajstić information content (AvgIpc) is 3.30. The fourth-order valence-corrected chi connectivity index (χ4v) is 4.00. The minimum atomic E-state index is 0.146. The van der Waals surface area contributed by atoms with Crippen LogP contribution in [0.2, 0.25) is 0 Å². The highest BCUT2D eigenvalue weighted by Gasteiger charge is 2.23. The van der Waals surface area contributed by atoms with Crippen molar-refractivity contribution >= 4 is 23.4 Å². The number of carbonyl (C=O) groups is 1. The van der Waals surface area contributed by atoms with Gasteiger partial charge in [-0.2, -0.15) is 0 Å². The molecule has 2 aliphatic heterocycles. The quantitative estimate of drug-likeness (QED) is 0.717. The normalized spacial score (nSPS) is 19.1. The number of anilines is 1. The Morgan fingerprint density at radius 1 is 1.26 bits per heavy atom. The van der Waals surface area contributed by atoms with Gasteiger partial charge in [0.25, 0.3) is 0 Å². The topological polar surface area (TPSA) is 82.2 Å². The molecule has 1 fully saturated rings. The van der Waals surface area contributed by atoms with Crippen molar-refractivity contribution in [1.82, 2.24) is 5.32 Å². The number of carbonyl (C=O) groups excluding carboxylic acids is 1. The summed E-state index contributed by atoms with van der Waals surface area (Å²) in [4.78, 5) is 13.8. The Morgan fingerprint density at radius 3 is 2.74 bits per heavy atom. The average molecular weight is 360 g/mol. The number of fused-ring (bicyclic) bond motifs is 1. The fraction of sp³-hybridized carbons (Fsp3) is 0.273. The summed E-state index contributed by atoms with van der Waals surface area (Å²) < 4.78 is 0. The molecule has 0 aromatic heterocycles. The molecule has 5 nitrogen and oxygen atoms in total. The van der Waals surface area contributed by atoms with Crippen molar-refractivity contribution in [3.63, 3.8) is 0 Å². The highest BCUT2D eigenvalue weighted by atomic mass is 16.1. The molecule has 0 bridgehead atoms. The second kappa shape index (κ2) is 7.27. The number of amides is 1. The molecular weight excluding hydrogens is 336 g/mol. The van der Waals surface area contributed by atoms with Gasteiger partial charge in [-0.3, -0.25) is 4.79 Å². The molecule has 2 aliphatic rings. The number of rotatable bonds is 5. The van der Waals surface area contributed by atoms with Gasteiger partial charge in [-0.25, -0.2) is 0 Å². The largest absolute Gasteiger partial charge is 0.404 e. The van der Waals surface area contributed by atoms with Crippen LogP contribution in [0.3, 0.4) is 0 Å². The molecule has 2 aromatic carbocycles. The second-order valence-electron chi connectivity index (χ2n) is 7.23. The van der Waals surface area contributed by atoms with Crippen molar-refractivity contribution in [2.75, 3.05) is 18.0 Å². The third kappa shape index (κ3) is 3.45. The molecule has 138 valence electrons. The molecule has 4 N–H and O–H groups in total. The lowest BCUT2D eigenvalue weighted by Gasteiger charge is -2.20. The van der Waals surface area contributed by atoms with E-state index < -0.39 is 0 Å². The molecule has 27 heavy (non-hydrogen) atoms. The Labute approximate surface area is 159 Å². The number of allylic oxidation sites excluding steroid dienone is 1. The van der Waals surface area contributed by atoms with E-state index in [-0.39, 0.29) is 5.91 Å². The number of nitrogens with one attached hydrogen (secondary N) is 2. The van der Waals surface area contributed by atoms with E-state index in [1.807, 2.05) is 6.07 Å². The van der Waals surface area contributed by atoms with Crippen LogP contribution in [0.5, 0.6) is 0 Å². The summed E-state index contributed by atoms with van der Waals surface area (Å²) >= 11 is 0. The number of hydrogen-bond acceptors (Lipinski definition) is 4.